The first-order chi connectivity index (χ1) is 26.5. The summed E-state index contributed by atoms with van der Waals surface area (Å²) in [7, 11) is -21.6. The number of phosphoric acid groups is 4. The van der Waals surface area contributed by atoms with Crippen molar-refractivity contribution in [2.75, 3.05) is 13.2 Å². The Morgan fingerprint density at radius 1 is 0.655 bits per heavy atom. The zero-order chi connectivity index (χ0) is 44.6. The molecule has 5 atom stereocenters. The summed E-state index contributed by atoms with van der Waals surface area (Å²) in [5.41, 5.74) is 7.74. The van der Waals surface area contributed by atoms with E-state index >= 15 is 0 Å². The van der Waals surface area contributed by atoms with Gasteiger partial charge in [0.05, 0.1) is 28.9 Å². The fourth-order valence-electron chi connectivity index (χ4n) is 8.10. The van der Waals surface area contributed by atoms with Crippen molar-refractivity contribution in [1.29, 1.82) is 0 Å². The maximum absolute atomic E-state index is 11.3. The standard InChI is InChI=1S/2C20H36O7P2/c1-15(11-14-26-29(24,25)27-28(21,22)23)7-9-17-16(2)8-10-18-19(3,4)12-6-13-20(17,18)5;1-17(2)9-6-10-18(3)11-7-12-19(4)13-8-14-20(5)15-16-26-29(24,25)27-28(21,22)23/h11,17-18H,2,6-10,12-14H2,1,3-5H3,(H,24,25)(H2,21,22,23);9,11,13,15H,6-8,10,12,14,16H2,1-5H3,(H,24,25)(H2,21,22,23)/p-6/b15-11+;18-11+,19-13+,20-15+/t17-,18-,20?;/m1./s1. The van der Waals surface area contributed by atoms with Crippen molar-refractivity contribution < 1.29 is 65.3 Å². The average Bonchev–Trinajstić information content (AvgIpc) is 3.01. The summed E-state index contributed by atoms with van der Waals surface area (Å²) in [6.07, 6.45) is 23.1. The number of phosphoric ester groups is 2. The summed E-state index contributed by atoms with van der Waals surface area (Å²) >= 11 is 0. The maximum atomic E-state index is 11.3. The predicted molar refractivity (Wildman–Crippen MR) is 217 cm³/mol. The molecule has 0 spiro atoms. The van der Waals surface area contributed by atoms with E-state index in [2.05, 4.69) is 90.9 Å². The third kappa shape index (κ3) is 23.3. The van der Waals surface area contributed by atoms with Crippen molar-refractivity contribution in [3.63, 3.8) is 0 Å². The van der Waals surface area contributed by atoms with Crippen molar-refractivity contribution in [3.05, 3.63) is 70.4 Å². The number of allylic oxidation sites excluding steroid dienone is 9. The fourth-order valence-corrected chi connectivity index (χ4v) is 11.0. The molecule has 3 unspecified atom stereocenters. The first kappa shape index (κ1) is 55.0. The van der Waals surface area contributed by atoms with E-state index in [9.17, 15) is 47.6 Å². The molecule has 336 valence electrons. The molecule has 0 amide bonds. The lowest BCUT2D eigenvalue weighted by Gasteiger charge is -2.58. The van der Waals surface area contributed by atoms with Crippen LogP contribution in [0.15, 0.2) is 70.4 Å². The quantitative estimate of drug-likeness (QED) is 0.0733. The van der Waals surface area contributed by atoms with Gasteiger partial charge in [-0.3, -0.25) is 17.8 Å². The molecule has 0 saturated heterocycles. The van der Waals surface area contributed by atoms with Crippen LogP contribution in [-0.2, 0) is 35.9 Å². The van der Waals surface area contributed by atoms with Crippen LogP contribution in [0.2, 0.25) is 0 Å². The zero-order valence-electron chi connectivity index (χ0n) is 35.9. The smallest absolute Gasteiger partial charge is 0.272 e. The predicted octanol–water partition coefficient (Wildman–Crippen LogP) is 8.30. The van der Waals surface area contributed by atoms with Crippen LogP contribution in [0.1, 0.15) is 146 Å². The fraction of sp³-hybridized carbons (Fsp3) is 0.700. The number of fused-ring (bicyclic) bond motifs is 1. The Morgan fingerprint density at radius 3 is 1.50 bits per heavy atom. The van der Waals surface area contributed by atoms with E-state index in [0.29, 0.717) is 23.7 Å². The second-order valence-electron chi connectivity index (χ2n) is 16.8. The minimum absolute atomic E-state index is 0.232. The molecule has 0 heterocycles. The molecule has 58 heavy (non-hydrogen) atoms. The van der Waals surface area contributed by atoms with Crippen LogP contribution in [0, 0.1) is 22.7 Å². The van der Waals surface area contributed by atoms with Gasteiger partial charge in [-0.1, -0.05) is 97.6 Å². The number of hydrogen-bond donors (Lipinski definition) is 0. The highest BCUT2D eigenvalue weighted by Crippen LogP contribution is 2.62. The van der Waals surface area contributed by atoms with Gasteiger partial charge in [0.15, 0.2) is 0 Å². The SMILES string of the molecule is C=C1CC[C@@H]2C(C)(C)CCCC2(C)[C@@H]1CC/C(C)=C/COP(=O)([O-])OP(=O)([O-])[O-].CC(C)=CCC/C(C)=C/CC/C(C)=C/CC/C(C)=C/COP(=O)([O-])OP(=O)([O-])[O-]. The van der Waals surface area contributed by atoms with E-state index in [-0.39, 0.29) is 18.6 Å². The lowest BCUT2D eigenvalue weighted by atomic mass is 9.47. The molecule has 2 rings (SSSR count). The molecule has 0 aromatic carbocycles. The van der Waals surface area contributed by atoms with Crippen LogP contribution < -0.4 is 29.4 Å². The molecule has 0 N–H and O–H groups in total. The number of hydrogen-bond acceptors (Lipinski definition) is 14. The van der Waals surface area contributed by atoms with E-state index in [1.807, 2.05) is 13.8 Å². The van der Waals surface area contributed by atoms with E-state index in [4.69, 9.17) is 0 Å². The Labute approximate surface area is 347 Å². The van der Waals surface area contributed by atoms with Crippen LogP contribution in [-0.4, -0.2) is 13.2 Å². The van der Waals surface area contributed by atoms with Gasteiger partial charge in [0, 0.05) is 0 Å². The highest BCUT2D eigenvalue weighted by Gasteiger charge is 2.52. The van der Waals surface area contributed by atoms with Gasteiger partial charge in [0.2, 0.25) is 0 Å². The molecule has 18 heteroatoms. The van der Waals surface area contributed by atoms with Gasteiger partial charge in [-0.25, -0.2) is 0 Å². The Bertz CT molecular complexity index is 1700. The largest absolute Gasteiger partial charge is 0.790 e. The lowest BCUT2D eigenvalue weighted by Crippen LogP contribution is -2.49. The molecule has 14 nitrogen and oxygen atoms in total. The summed E-state index contributed by atoms with van der Waals surface area (Å²) in [5, 5.41) is 0. The summed E-state index contributed by atoms with van der Waals surface area (Å²) < 4.78 is 58.7. The van der Waals surface area contributed by atoms with Crippen LogP contribution >= 0.6 is 31.3 Å². The van der Waals surface area contributed by atoms with Gasteiger partial charge >= 0.3 is 0 Å². The molecule has 0 aromatic rings. The third-order valence-corrected chi connectivity index (χ3v) is 15.2. The molecular formula is C40H66O14P4-6. The normalized spacial score (nSPS) is 24.2. The summed E-state index contributed by atoms with van der Waals surface area (Å²) in [6.45, 7) is 22.9. The molecule has 2 aliphatic rings. The molecule has 2 saturated carbocycles. The van der Waals surface area contributed by atoms with Crippen molar-refractivity contribution in [3.8, 4) is 0 Å². The van der Waals surface area contributed by atoms with Crippen LogP contribution in [0.3, 0.4) is 0 Å². The summed E-state index contributed by atoms with van der Waals surface area (Å²) in [4.78, 5) is 63.9. The van der Waals surface area contributed by atoms with E-state index in [1.54, 1.807) is 6.08 Å². The first-order valence-electron chi connectivity index (χ1n) is 19.8. The first-order valence-corrected chi connectivity index (χ1v) is 25.6. The zero-order valence-corrected chi connectivity index (χ0v) is 39.4. The van der Waals surface area contributed by atoms with Crippen molar-refractivity contribution in [2.45, 2.75) is 146 Å². The van der Waals surface area contributed by atoms with E-state index in [1.165, 1.54) is 54.1 Å². The topological polar surface area (TPSA) is 244 Å². The average molecular weight is 895 g/mol. The Hall–Kier alpha value is -1.04. The van der Waals surface area contributed by atoms with Gasteiger partial charge in [-0.2, -0.15) is 0 Å². The lowest BCUT2D eigenvalue weighted by molar-refractivity contribution is -0.342. The minimum Gasteiger partial charge on any atom is -0.790 e. The van der Waals surface area contributed by atoms with Crippen LogP contribution in [0.25, 0.3) is 0 Å². The van der Waals surface area contributed by atoms with Crippen molar-refractivity contribution in [2.24, 2.45) is 22.7 Å². The van der Waals surface area contributed by atoms with Crippen LogP contribution in [0.5, 0.6) is 0 Å². The van der Waals surface area contributed by atoms with Gasteiger partial charge in [-0.05, 0) is 141 Å². The molecule has 0 bridgehead atoms. The monoisotopic (exact) mass is 894 g/mol. The second-order valence-corrected chi connectivity index (χ2v) is 22.2. The highest BCUT2D eigenvalue weighted by molar-refractivity contribution is 7.59. The number of rotatable bonds is 22. The van der Waals surface area contributed by atoms with E-state index in [0.717, 1.165) is 62.5 Å². The van der Waals surface area contributed by atoms with Gasteiger partial charge in [-0.15, -0.1) is 0 Å². The molecular weight excluding hydrogens is 828 g/mol. The summed E-state index contributed by atoms with van der Waals surface area (Å²) in [5.74, 6) is 1.09. The molecule has 2 fully saturated rings. The highest BCUT2D eigenvalue weighted by atomic mass is 31.3. The summed E-state index contributed by atoms with van der Waals surface area (Å²) in [6, 6.07) is 0. The Balaban J connectivity index is 0.000000580. The molecule has 0 aliphatic heterocycles. The third-order valence-electron chi connectivity index (χ3n) is 11.0. The molecule has 0 radical (unpaired) electrons. The van der Waals surface area contributed by atoms with Gasteiger partial charge in [0.1, 0.15) is 0 Å². The second kappa shape index (κ2) is 24.6. The van der Waals surface area contributed by atoms with Crippen molar-refractivity contribution >= 4 is 31.3 Å². The maximum Gasteiger partial charge on any atom is 0.272 e. The van der Waals surface area contributed by atoms with Gasteiger partial charge in [0.25, 0.3) is 15.6 Å². The van der Waals surface area contributed by atoms with E-state index < -0.39 is 31.3 Å². The molecule has 2 aliphatic carbocycles. The minimum atomic E-state index is -5.65. The van der Waals surface area contributed by atoms with Gasteiger partial charge < -0.3 is 47.5 Å². The van der Waals surface area contributed by atoms with Crippen LogP contribution in [0.4, 0.5) is 0 Å². The van der Waals surface area contributed by atoms with Crippen molar-refractivity contribution in [1.82, 2.24) is 0 Å². The Morgan fingerprint density at radius 2 is 1.07 bits per heavy atom. The molecule has 0 aromatic heterocycles. The Kier molecular flexibility index (Phi) is 23.3.